The predicted molar refractivity (Wildman–Crippen MR) is 103 cm³/mol. The van der Waals surface area contributed by atoms with Crippen LogP contribution in [-0.2, 0) is 4.74 Å². The number of hydrogen-bond donors (Lipinski definition) is 1. The van der Waals surface area contributed by atoms with Crippen molar-refractivity contribution in [2.75, 3.05) is 50.8 Å². The van der Waals surface area contributed by atoms with Gasteiger partial charge in [0.2, 0.25) is 0 Å². The number of ether oxygens (including phenoxy) is 2. The molecule has 26 heavy (non-hydrogen) atoms. The van der Waals surface area contributed by atoms with Crippen LogP contribution in [0.25, 0.3) is 0 Å². The maximum atomic E-state index is 12.0. The van der Waals surface area contributed by atoms with Crippen LogP contribution in [-0.4, -0.2) is 68.0 Å². The van der Waals surface area contributed by atoms with Crippen molar-refractivity contribution >= 4 is 11.7 Å². The maximum Gasteiger partial charge on any atom is 0.338 e. The van der Waals surface area contributed by atoms with Crippen molar-refractivity contribution < 1.29 is 19.4 Å². The van der Waals surface area contributed by atoms with E-state index >= 15 is 0 Å². The number of hydrogen-bond acceptors (Lipinski definition) is 6. The van der Waals surface area contributed by atoms with Crippen molar-refractivity contribution in [1.82, 2.24) is 4.90 Å². The Kier molecular flexibility index (Phi) is 8.19. The molecule has 1 aromatic rings. The van der Waals surface area contributed by atoms with E-state index in [0.29, 0.717) is 24.5 Å². The second kappa shape index (κ2) is 10.4. The van der Waals surface area contributed by atoms with E-state index in [2.05, 4.69) is 23.6 Å². The third-order valence-electron chi connectivity index (χ3n) is 4.71. The molecule has 1 aromatic carbocycles. The van der Waals surface area contributed by atoms with Gasteiger partial charge in [-0.2, -0.15) is 0 Å². The number of likely N-dealkylation sites (N-methyl/N-ethyl adjacent to an activating group) is 1. The molecule has 1 aliphatic rings. The summed E-state index contributed by atoms with van der Waals surface area (Å²) in [5.74, 6) is 0.282. The normalized spacial score (nSPS) is 15.3. The summed E-state index contributed by atoms with van der Waals surface area (Å²) in [7, 11) is 0. The van der Waals surface area contributed by atoms with Crippen LogP contribution in [0.4, 0.5) is 5.69 Å². The minimum absolute atomic E-state index is 0.198. The zero-order valence-corrected chi connectivity index (χ0v) is 16.2. The Hall–Kier alpha value is -1.79. The highest BCUT2D eigenvalue weighted by Crippen LogP contribution is 2.32. The van der Waals surface area contributed by atoms with Gasteiger partial charge in [0, 0.05) is 19.6 Å². The zero-order valence-electron chi connectivity index (χ0n) is 16.2. The molecule has 0 saturated carbocycles. The Bertz CT molecular complexity index is 569. The minimum Gasteiger partial charge on any atom is -0.489 e. The number of rotatable bonds is 10. The lowest BCUT2D eigenvalue weighted by Gasteiger charge is -2.24. The summed E-state index contributed by atoms with van der Waals surface area (Å²) < 4.78 is 11.0. The van der Waals surface area contributed by atoms with Crippen molar-refractivity contribution in [3.63, 3.8) is 0 Å². The van der Waals surface area contributed by atoms with Gasteiger partial charge in [-0.3, -0.25) is 0 Å². The molecule has 0 spiro atoms. The van der Waals surface area contributed by atoms with E-state index in [1.807, 2.05) is 6.07 Å². The van der Waals surface area contributed by atoms with Crippen LogP contribution in [0.1, 0.15) is 44.0 Å². The zero-order chi connectivity index (χ0) is 18.9. The molecular weight excluding hydrogens is 332 g/mol. The smallest absolute Gasteiger partial charge is 0.338 e. The summed E-state index contributed by atoms with van der Waals surface area (Å²) in [5, 5.41) is 10.3. The third-order valence-corrected chi connectivity index (χ3v) is 4.71. The Balaban J connectivity index is 2.11. The van der Waals surface area contributed by atoms with Crippen LogP contribution in [0.5, 0.6) is 5.75 Å². The number of aliphatic hydroxyl groups is 1. The predicted octanol–water partition coefficient (Wildman–Crippen LogP) is 2.54. The van der Waals surface area contributed by atoms with E-state index in [1.165, 1.54) is 0 Å². The number of anilines is 1. The number of esters is 1. The van der Waals surface area contributed by atoms with E-state index in [4.69, 9.17) is 9.47 Å². The highest BCUT2D eigenvalue weighted by atomic mass is 16.5. The van der Waals surface area contributed by atoms with Crippen molar-refractivity contribution in [3.05, 3.63) is 23.8 Å². The van der Waals surface area contributed by atoms with E-state index in [-0.39, 0.29) is 12.6 Å². The van der Waals surface area contributed by atoms with Gasteiger partial charge in [0.25, 0.3) is 0 Å². The molecule has 0 bridgehead atoms. The van der Waals surface area contributed by atoms with E-state index in [1.54, 1.807) is 19.1 Å². The first kappa shape index (κ1) is 20.5. The van der Waals surface area contributed by atoms with Gasteiger partial charge in [-0.05, 0) is 51.1 Å². The quantitative estimate of drug-likeness (QED) is 0.644. The van der Waals surface area contributed by atoms with Gasteiger partial charge in [0.15, 0.2) is 0 Å². The number of benzene rings is 1. The van der Waals surface area contributed by atoms with Crippen molar-refractivity contribution in [1.29, 1.82) is 0 Å². The monoisotopic (exact) mass is 364 g/mol. The second-order valence-corrected chi connectivity index (χ2v) is 6.55. The Labute approximate surface area is 156 Å². The molecule has 1 heterocycles. The van der Waals surface area contributed by atoms with Crippen LogP contribution in [0.15, 0.2) is 18.2 Å². The largest absolute Gasteiger partial charge is 0.489 e. The molecule has 0 aliphatic carbocycles. The van der Waals surface area contributed by atoms with Crippen molar-refractivity contribution in [3.8, 4) is 5.75 Å². The fourth-order valence-corrected chi connectivity index (χ4v) is 3.21. The minimum atomic E-state index is -0.576. The Morgan fingerprint density at radius 1 is 1.23 bits per heavy atom. The Morgan fingerprint density at radius 2 is 1.92 bits per heavy atom. The van der Waals surface area contributed by atoms with E-state index < -0.39 is 6.10 Å². The van der Waals surface area contributed by atoms with E-state index in [9.17, 15) is 9.90 Å². The van der Waals surface area contributed by atoms with Gasteiger partial charge >= 0.3 is 5.97 Å². The molecule has 1 saturated heterocycles. The Morgan fingerprint density at radius 3 is 2.54 bits per heavy atom. The molecule has 1 atom stereocenters. The average molecular weight is 364 g/mol. The molecule has 0 aromatic heterocycles. The highest BCUT2D eigenvalue weighted by molar-refractivity contribution is 5.90. The summed E-state index contributed by atoms with van der Waals surface area (Å²) in [4.78, 5) is 16.5. The molecule has 0 radical (unpaired) electrons. The van der Waals surface area contributed by atoms with Gasteiger partial charge in [0.05, 0.1) is 17.9 Å². The van der Waals surface area contributed by atoms with Gasteiger partial charge in [-0.1, -0.05) is 13.8 Å². The van der Waals surface area contributed by atoms with Crippen LogP contribution in [0.3, 0.4) is 0 Å². The standard InChI is InChI=1S/C20H32N2O4/c1-4-21(5-2)14-17(23)15-26-19-13-16(20(24)25-6-3)9-10-18(19)22-11-7-8-12-22/h9-10,13,17,23H,4-8,11-12,14-15H2,1-3H3. The van der Waals surface area contributed by atoms with Crippen LogP contribution >= 0.6 is 0 Å². The average Bonchev–Trinajstić information content (AvgIpc) is 3.18. The summed E-state index contributed by atoms with van der Waals surface area (Å²) >= 11 is 0. The molecule has 6 nitrogen and oxygen atoms in total. The van der Waals surface area contributed by atoms with Gasteiger partial charge in [-0.25, -0.2) is 4.79 Å². The first-order chi connectivity index (χ1) is 12.6. The number of aliphatic hydroxyl groups excluding tert-OH is 1. The lowest BCUT2D eigenvalue weighted by molar-refractivity contribution is 0.0525. The fourth-order valence-electron chi connectivity index (χ4n) is 3.21. The molecule has 2 rings (SSSR count). The first-order valence-corrected chi connectivity index (χ1v) is 9.68. The fraction of sp³-hybridized carbons (Fsp3) is 0.650. The lowest BCUT2D eigenvalue weighted by atomic mass is 10.1. The molecule has 6 heteroatoms. The second-order valence-electron chi connectivity index (χ2n) is 6.55. The summed E-state index contributed by atoms with van der Waals surface area (Å²) in [6.07, 6.45) is 1.74. The summed E-state index contributed by atoms with van der Waals surface area (Å²) in [6, 6.07) is 5.43. The number of carbonyl (C=O) groups is 1. The van der Waals surface area contributed by atoms with Crippen LogP contribution in [0, 0.1) is 0 Å². The van der Waals surface area contributed by atoms with Crippen LogP contribution in [0.2, 0.25) is 0 Å². The maximum absolute atomic E-state index is 12.0. The molecular formula is C20H32N2O4. The summed E-state index contributed by atoms with van der Waals surface area (Å²) in [5.41, 5.74) is 1.45. The third kappa shape index (κ3) is 5.61. The topological polar surface area (TPSA) is 62.2 Å². The molecule has 146 valence electrons. The number of nitrogens with zero attached hydrogens (tertiary/aromatic N) is 2. The number of carbonyl (C=O) groups excluding carboxylic acids is 1. The van der Waals surface area contributed by atoms with Crippen LogP contribution < -0.4 is 9.64 Å². The molecule has 0 amide bonds. The van der Waals surface area contributed by atoms with Gasteiger partial charge in [0.1, 0.15) is 18.5 Å². The summed E-state index contributed by atoms with van der Waals surface area (Å²) in [6.45, 7) is 10.8. The van der Waals surface area contributed by atoms with E-state index in [0.717, 1.165) is 44.7 Å². The molecule has 1 aliphatic heterocycles. The highest BCUT2D eigenvalue weighted by Gasteiger charge is 2.20. The van der Waals surface area contributed by atoms with Crippen molar-refractivity contribution in [2.45, 2.75) is 39.7 Å². The first-order valence-electron chi connectivity index (χ1n) is 9.68. The molecule has 1 N–H and O–H groups in total. The lowest BCUT2D eigenvalue weighted by Crippen LogP contribution is -2.35. The molecule has 1 fully saturated rings. The van der Waals surface area contributed by atoms with Gasteiger partial charge < -0.3 is 24.4 Å². The molecule has 1 unspecified atom stereocenters. The van der Waals surface area contributed by atoms with Gasteiger partial charge in [-0.15, -0.1) is 0 Å². The van der Waals surface area contributed by atoms with Crippen molar-refractivity contribution in [2.24, 2.45) is 0 Å². The SMILES string of the molecule is CCOC(=O)c1ccc(N2CCCC2)c(OCC(O)CN(CC)CC)c1.